The number of carboxylic acids is 1. The summed E-state index contributed by atoms with van der Waals surface area (Å²) in [6.45, 7) is 8.67. The lowest BCUT2D eigenvalue weighted by Crippen LogP contribution is -2.38. The number of carboxylic acid groups (broad SMARTS) is 1. The molecule has 1 aliphatic heterocycles. The zero-order valence-electron chi connectivity index (χ0n) is 22.1. The molecule has 0 saturated carbocycles. The number of benzene rings is 2. The van der Waals surface area contributed by atoms with Gasteiger partial charge in [-0.1, -0.05) is 38.1 Å². The van der Waals surface area contributed by atoms with Crippen molar-refractivity contribution in [1.29, 1.82) is 0 Å². The second kappa shape index (κ2) is 11.2. The van der Waals surface area contributed by atoms with E-state index in [2.05, 4.69) is 24.1 Å². The number of pyridine rings is 1. The maximum atomic E-state index is 13.1. The van der Waals surface area contributed by atoms with Crippen LogP contribution in [0.25, 0.3) is 11.1 Å². The van der Waals surface area contributed by atoms with E-state index < -0.39 is 5.97 Å². The van der Waals surface area contributed by atoms with Crippen molar-refractivity contribution in [3.05, 3.63) is 71.2 Å². The molecule has 1 fully saturated rings. The van der Waals surface area contributed by atoms with Crippen molar-refractivity contribution in [1.82, 2.24) is 4.98 Å². The molecule has 2 N–H and O–H groups in total. The van der Waals surface area contributed by atoms with Gasteiger partial charge in [0.05, 0.1) is 18.7 Å². The predicted octanol–water partition coefficient (Wildman–Crippen LogP) is 6.11. The minimum absolute atomic E-state index is 0.0738. The van der Waals surface area contributed by atoms with Crippen molar-refractivity contribution >= 4 is 17.5 Å². The van der Waals surface area contributed by atoms with Gasteiger partial charge >= 0.3 is 5.97 Å². The van der Waals surface area contributed by atoms with E-state index in [-0.39, 0.29) is 17.7 Å². The van der Waals surface area contributed by atoms with E-state index in [1.807, 2.05) is 38.2 Å². The Kier molecular flexibility index (Phi) is 8.00. The van der Waals surface area contributed by atoms with E-state index in [4.69, 9.17) is 9.72 Å². The van der Waals surface area contributed by atoms with Gasteiger partial charge in [0.1, 0.15) is 17.4 Å². The first-order valence-corrected chi connectivity index (χ1v) is 12.8. The predicted molar refractivity (Wildman–Crippen MR) is 146 cm³/mol. The van der Waals surface area contributed by atoms with E-state index in [1.165, 1.54) is 12.1 Å². The van der Waals surface area contributed by atoms with Crippen LogP contribution in [0.2, 0.25) is 0 Å². The molecule has 2 aromatic carbocycles. The highest BCUT2D eigenvalue weighted by Gasteiger charge is 2.30. The molecule has 0 atom stereocenters. The van der Waals surface area contributed by atoms with Crippen LogP contribution in [0.5, 0.6) is 5.75 Å². The summed E-state index contributed by atoms with van der Waals surface area (Å²) in [6, 6.07) is 14.3. The number of piperidine rings is 1. The lowest BCUT2D eigenvalue weighted by molar-refractivity contribution is -0.136. The number of halogens is 1. The average Bonchev–Trinajstić information content (AvgIpc) is 2.86. The summed E-state index contributed by atoms with van der Waals surface area (Å²) in [7, 11) is 1.85. The zero-order valence-corrected chi connectivity index (χ0v) is 22.1. The summed E-state index contributed by atoms with van der Waals surface area (Å²) in [4.78, 5) is 18.9. The Labute approximate surface area is 218 Å². The van der Waals surface area contributed by atoms with Gasteiger partial charge in [-0.15, -0.1) is 0 Å². The highest BCUT2D eigenvalue weighted by molar-refractivity contribution is 5.91. The Bertz CT molecular complexity index is 1230. The molecule has 1 aromatic heterocycles. The number of aryl methyl sites for hydroxylation is 1. The molecule has 0 radical (unpaired) electrons. The van der Waals surface area contributed by atoms with Gasteiger partial charge < -0.3 is 20.1 Å². The molecule has 3 aromatic rings. The quantitative estimate of drug-likeness (QED) is 0.365. The summed E-state index contributed by atoms with van der Waals surface area (Å²) >= 11 is 0. The zero-order chi connectivity index (χ0) is 26.6. The second-order valence-corrected chi connectivity index (χ2v) is 10.5. The summed E-state index contributed by atoms with van der Waals surface area (Å²) < 4.78 is 19.1. The molecule has 0 spiro atoms. The lowest BCUT2D eigenvalue weighted by atomic mass is 9.82. The second-order valence-electron chi connectivity index (χ2n) is 10.5. The van der Waals surface area contributed by atoms with Crippen molar-refractivity contribution in [3.63, 3.8) is 0 Å². The van der Waals surface area contributed by atoms with Crippen molar-refractivity contribution in [2.24, 2.45) is 5.41 Å². The highest BCUT2D eigenvalue weighted by Crippen LogP contribution is 2.43. The van der Waals surface area contributed by atoms with Crippen LogP contribution in [-0.2, 0) is 17.6 Å². The van der Waals surface area contributed by atoms with Crippen molar-refractivity contribution in [2.45, 2.75) is 46.5 Å². The van der Waals surface area contributed by atoms with Gasteiger partial charge in [-0.05, 0) is 60.6 Å². The number of anilines is 2. The molecule has 7 heteroatoms. The van der Waals surface area contributed by atoms with Gasteiger partial charge in [-0.25, -0.2) is 9.37 Å². The van der Waals surface area contributed by atoms with Gasteiger partial charge in [-0.3, -0.25) is 4.79 Å². The molecule has 0 bridgehead atoms. The van der Waals surface area contributed by atoms with Crippen LogP contribution in [0.3, 0.4) is 0 Å². The van der Waals surface area contributed by atoms with Crippen LogP contribution in [0, 0.1) is 18.2 Å². The molecule has 1 saturated heterocycles. The summed E-state index contributed by atoms with van der Waals surface area (Å²) in [6.07, 6.45) is 2.68. The van der Waals surface area contributed by atoms with E-state index >= 15 is 0 Å². The van der Waals surface area contributed by atoms with Crippen LogP contribution in [0.4, 0.5) is 15.9 Å². The van der Waals surface area contributed by atoms with Gasteiger partial charge in [0, 0.05) is 43.4 Å². The Morgan fingerprint density at radius 2 is 1.76 bits per heavy atom. The summed E-state index contributed by atoms with van der Waals surface area (Å²) in [5.41, 5.74) is 5.61. The topological polar surface area (TPSA) is 74.7 Å². The van der Waals surface area contributed by atoms with E-state index in [9.17, 15) is 14.3 Å². The minimum atomic E-state index is -0.864. The van der Waals surface area contributed by atoms with Crippen LogP contribution < -0.4 is 15.0 Å². The number of hydrogen-bond acceptors (Lipinski definition) is 5. The third-order valence-corrected chi connectivity index (χ3v) is 7.19. The molecule has 0 unspecified atom stereocenters. The Morgan fingerprint density at radius 3 is 2.35 bits per heavy atom. The normalized spacial score (nSPS) is 14.9. The highest BCUT2D eigenvalue weighted by atomic mass is 19.1. The SMILES string of the molecule is CNc1nc(C)c(CC(=O)O)c(N2CCC(C)(C)CC2)c1-c1ccc(OCCc2ccc(F)cc2)cc1. The van der Waals surface area contributed by atoms with Crippen molar-refractivity contribution in [3.8, 4) is 16.9 Å². The van der Waals surface area contributed by atoms with Crippen molar-refractivity contribution < 1.29 is 19.0 Å². The molecule has 0 amide bonds. The average molecular weight is 506 g/mol. The van der Waals surface area contributed by atoms with Gasteiger partial charge in [0.25, 0.3) is 0 Å². The molecule has 6 nitrogen and oxygen atoms in total. The number of carbonyl (C=O) groups is 1. The minimum Gasteiger partial charge on any atom is -0.493 e. The maximum absolute atomic E-state index is 13.1. The smallest absolute Gasteiger partial charge is 0.307 e. The third kappa shape index (κ3) is 6.40. The molecular weight excluding hydrogens is 469 g/mol. The Balaban J connectivity index is 1.64. The number of hydrogen-bond donors (Lipinski definition) is 2. The molecule has 1 aliphatic rings. The third-order valence-electron chi connectivity index (χ3n) is 7.19. The molecule has 196 valence electrons. The standard InChI is InChI=1S/C30H36FN3O3/c1-20-25(19-26(35)36)28(34-16-14-30(2,3)15-17-34)27(29(32-4)33-20)22-7-11-24(12-8-22)37-18-13-21-5-9-23(31)10-6-21/h5-12H,13-19H2,1-4H3,(H,32,33)(H,35,36). The van der Waals surface area contributed by atoms with Crippen molar-refractivity contribution in [2.75, 3.05) is 37.0 Å². The molecular formula is C30H36FN3O3. The number of ether oxygens (including phenoxy) is 1. The van der Waals surface area contributed by atoms with Crippen LogP contribution in [0.15, 0.2) is 48.5 Å². The first-order chi connectivity index (χ1) is 17.7. The fourth-order valence-corrected chi connectivity index (χ4v) is 4.88. The first-order valence-electron chi connectivity index (χ1n) is 12.8. The number of aliphatic carboxylic acids is 1. The van der Waals surface area contributed by atoms with Gasteiger partial charge in [0.2, 0.25) is 0 Å². The Morgan fingerprint density at radius 1 is 1.11 bits per heavy atom. The molecule has 37 heavy (non-hydrogen) atoms. The number of rotatable bonds is 9. The summed E-state index contributed by atoms with van der Waals surface area (Å²) in [5, 5.41) is 12.9. The Hall–Kier alpha value is -3.61. The van der Waals surface area contributed by atoms with E-state index in [0.29, 0.717) is 13.0 Å². The molecule has 2 heterocycles. The lowest BCUT2D eigenvalue weighted by Gasteiger charge is -2.40. The van der Waals surface area contributed by atoms with Crippen LogP contribution in [-0.4, -0.2) is 42.8 Å². The van der Waals surface area contributed by atoms with Crippen LogP contribution >= 0.6 is 0 Å². The first kappa shape index (κ1) is 26.5. The number of nitrogens with zero attached hydrogens (tertiary/aromatic N) is 2. The van der Waals surface area contributed by atoms with E-state index in [1.54, 1.807) is 12.1 Å². The molecule has 4 rings (SSSR count). The van der Waals surface area contributed by atoms with Crippen LogP contribution in [0.1, 0.15) is 43.5 Å². The molecule has 0 aliphatic carbocycles. The van der Waals surface area contributed by atoms with E-state index in [0.717, 1.165) is 71.1 Å². The number of aromatic nitrogens is 1. The van der Waals surface area contributed by atoms with Gasteiger partial charge in [-0.2, -0.15) is 0 Å². The fraction of sp³-hybridized carbons (Fsp3) is 0.400. The number of nitrogens with one attached hydrogen (secondary N) is 1. The maximum Gasteiger partial charge on any atom is 0.307 e. The largest absolute Gasteiger partial charge is 0.493 e. The summed E-state index contributed by atoms with van der Waals surface area (Å²) in [5.74, 6) is 0.364. The fourth-order valence-electron chi connectivity index (χ4n) is 4.88. The van der Waals surface area contributed by atoms with Gasteiger partial charge in [0.15, 0.2) is 0 Å². The monoisotopic (exact) mass is 505 g/mol.